The molecule has 27 heavy (non-hydrogen) atoms. The first-order chi connectivity index (χ1) is 13.1. The van der Waals surface area contributed by atoms with Crippen LogP contribution in [-0.2, 0) is 6.54 Å². The molecule has 0 radical (unpaired) electrons. The zero-order valence-corrected chi connectivity index (χ0v) is 16.4. The SMILES string of the molecule is CN=C(NCC(C)Oc1ccccc1OC)NC1CCCn2nc(C)nc21. The van der Waals surface area contributed by atoms with Crippen molar-refractivity contribution < 1.29 is 9.47 Å². The molecule has 0 aliphatic carbocycles. The Morgan fingerprint density at radius 2 is 2.15 bits per heavy atom. The highest BCUT2D eigenvalue weighted by Crippen LogP contribution is 2.26. The molecule has 1 aromatic carbocycles. The molecule has 0 spiro atoms. The molecule has 3 rings (SSSR count). The van der Waals surface area contributed by atoms with Crippen LogP contribution in [0.5, 0.6) is 11.5 Å². The zero-order valence-electron chi connectivity index (χ0n) is 16.4. The number of nitrogens with zero attached hydrogens (tertiary/aromatic N) is 4. The van der Waals surface area contributed by atoms with Crippen molar-refractivity contribution in [2.45, 2.75) is 45.4 Å². The fraction of sp³-hybridized carbons (Fsp3) is 0.526. The maximum atomic E-state index is 5.98. The Morgan fingerprint density at radius 1 is 1.37 bits per heavy atom. The van der Waals surface area contributed by atoms with E-state index >= 15 is 0 Å². The Labute approximate surface area is 160 Å². The maximum absolute atomic E-state index is 5.98. The molecule has 2 heterocycles. The van der Waals surface area contributed by atoms with Gasteiger partial charge < -0.3 is 20.1 Å². The van der Waals surface area contributed by atoms with Gasteiger partial charge in [-0.15, -0.1) is 0 Å². The Kier molecular flexibility index (Phi) is 6.16. The van der Waals surface area contributed by atoms with Crippen LogP contribution in [0.2, 0.25) is 0 Å². The number of aliphatic imine (C=N–C) groups is 1. The summed E-state index contributed by atoms with van der Waals surface area (Å²) >= 11 is 0. The minimum absolute atomic E-state index is 0.0582. The number of guanidine groups is 1. The Morgan fingerprint density at radius 3 is 2.89 bits per heavy atom. The van der Waals surface area contributed by atoms with Crippen LogP contribution in [0.3, 0.4) is 0 Å². The van der Waals surface area contributed by atoms with Crippen molar-refractivity contribution in [3.05, 3.63) is 35.9 Å². The van der Waals surface area contributed by atoms with Gasteiger partial charge in [-0.25, -0.2) is 9.67 Å². The molecule has 0 saturated carbocycles. The molecule has 2 unspecified atom stereocenters. The second-order valence-electron chi connectivity index (χ2n) is 6.61. The Balaban J connectivity index is 1.55. The van der Waals surface area contributed by atoms with Crippen molar-refractivity contribution in [2.24, 2.45) is 4.99 Å². The smallest absolute Gasteiger partial charge is 0.191 e. The van der Waals surface area contributed by atoms with Gasteiger partial charge in [0.1, 0.15) is 17.8 Å². The standard InChI is InChI=1S/C19H28N6O2/c1-13(27-17-10-6-5-9-16(17)26-4)12-21-19(20-3)23-15-8-7-11-25-18(15)22-14(2)24-25/h5-6,9-10,13,15H,7-8,11-12H2,1-4H3,(H2,20,21,23). The number of hydrogen-bond acceptors (Lipinski definition) is 5. The summed E-state index contributed by atoms with van der Waals surface area (Å²) in [4.78, 5) is 8.89. The number of hydrogen-bond donors (Lipinski definition) is 2. The predicted octanol–water partition coefficient (Wildman–Crippen LogP) is 2.06. The molecule has 0 amide bonds. The fourth-order valence-corrected chi connectivity index (χ4v) is 3.18. The van der Waals surface area contributed by atoms with Crippen molar-refractivity contribution in [1.29, 1.82) is 0 Å². The van der Waals surface area contributed by atoms with E-state index in [0.717, 1.165) is 48.5 Å². The van der Waals surface area contributed by atoms with Gasteiger partial charge in [-0.05, 0) is 38.8 Å². The molecule has 146 valence electrons. The second kappa shape index (κ2) is 8.75. The lowest BCUT2D eigenvalue weighted by Crippen LogP contribution is -2.44. The summed E-state index contributed by atoms with van der Waals surface area (Å²) < 4.78 is 13.3. The highest BCUT2D eigenvalue weighted by Gasteiger charge is 2.24. The van der Waals surface area contributed by atoms with Crippen LogP contribution in [0.4, 0.5) is 0 Å². The minimum atomic E-state index is -0.0582. The molecule has 1 aromatic heterocycles. The van der Waals surface area contributed by atoms with E-state index in [1.807, 2.05) is 42.8 Å². The first-order valence-electron chi connectivity index (χ1n) is 9.29. The number of aryl methyl sites for hydroxylation is 2. The summed E-state index contributed by atoms with van der Waals surface area (Å²) in [7, 11) is 3.40. The number of rotatable bonds is 6. The Hall–Kier alpha value is -2.77. The molecule has 1 aliphatic heterocycles. The number of ether oxygens (including phenoxy) is 2. The topological polar surface area (TPSA) is 85.6 Å². The van der Waals surface area contributed by atoms with E-state index < -0.39 is 0 Å². The van der Waals surface area contributed by atoms with E-state index in [1.165, 1.54) is 0 Å². The van der Waals surface area contributed by atoms with Gasteiger partial charge in [0.2, 0.25) is 0 Å². The molecule has 2 atom stereocenters. The van der Waals surface area contributed by atoms with Gasteiger partial charge in [0.05, 0.1) is 19.7 Å². The lowest BCUT2D eigenvalue weighted by molar-refractivity contribution is 0.213. The summed E-state index contributed by atoms with van der Waals surface area (Å²) in [6, 6.07) is 7.75. The highest BCUT2D eigenvalue weighted by atomic mass is 16.5. The number of nitrogens with one attached hydrogen (secondary N) is 2. The zero-order chi connectivity index (χ0) is 19.2. The first-order valence-corrected chi connectivity index (χ1v) is 9.29. The van der Waals surface area contributed by atoms with Gasteiger partial charge in [0.15, 0.2) is 17.5 Å². The molecule has 8 nitrogen and oxygen atoms in total. The molecule has 0 fully saturated rings. The number of methoxy groups -OCH3 is 1. The molecule has 8 heteroatoms. The van der Waals surface area contributed by atoms with E-state index in [2.05, 4.69) is 25.7 Å². The number of aromatic nitrogens is 3. The number of benzene rings is 1. The molecule has 0 saturated heterocycles. The van der Waals surface area contributed by atoms with Crippen molar-refractivity contribution in [2.75, 3.05) is 20.7 Å². The molecule has 0 bridgehead atoms. The average molecular weight is 372 g/mol. The van der Waals surface area contributed by atoms with Crippen LogP contribution < -0.4 is 20.1 Å². The van der Waals surface area contributed by atoms with E-state index in [-0.39, 0.29) is 12.1 Å². The third kappa shape index (κ3) is 4.69. The lowest BCUT2D eigenvalue weighted by atomic mass is 10.1. The van der Waals surface area contributed by atoms with Crippen LogP contribution in [0.15, 0.2) is 29.3 Å². The molecular weight excluding hydrogens is 344 g/mol. The molecule has 1 aliphatic rings. The quantitative estimate of drug-likeness (QED) is 0.596. The lowest BCUT2D eigenvalue weighted by Gasteiger charge is -2.25. The van der Waals surface area contributed by atoms with Gasteiger partial charge in [0.25, 0.3) is 0 Å². The van der Waals surface area contributed by atoms with Crippen LogP contribution in [0.1, 0.15) is 37.5 Å². The van der Waals surface area contributed by atoms with Gasteiger partial charge in [-0.3, -0.25) is 4.99 Å². The third-order valence-electron chi connectivity index (χ3n) is 4.47. The maximum Gasteiger partial charge on any atom is 0.191 e. The van der Waals surface area contributed by atoms with Crippen LogP contribution in [0.25, 0.3) is 0 Å². The Bertz CT molecular complexity index is 788. The van der Waals surface area contributed by atoms with Gasteiger partial charge in [-0.2, -0.15) is 5.10 Å². The fourth-order valence-electron chi connectivity index (χ4n) is 3.18. The summed E-state index contributed by atoms with van der Waals surface area (Å²) in [5.41, 5.74) is 0. The van der Waals surface area contributed by atoms with Crippen LogP contribution in [0, 0.1) is 6.92 Å². The third-order valence-corrected chi connectivity index (χ3v) is 4.47. The largest absolute Gasteiger partial charge is 0.493 e. The van der Waals surface area contributed by atoms with Gasteiger partial charge in [-0.1, -0.05) is 12.1 Å². The van der Waals surface area contributed by atoms with Crippen LogP contribution in [-0.4, -0.2) is 47.5 Å². The number of para-hydroxylation sites is 2. The van der Waals surface area contributed by atoms with E-state index in [4.69, 9.17) is 9.47 Å². The van der Waals surface area contributed by atoms with E-state index in [1.54, 1.807) is 14.2 Å². The summed E-state index contributed by atoms with van der Waals surface area (Å²) in [6.45, 7) is 5.46. The normalized spacial score (nSPS) is 17.8. The van der Waals surface area contributed by atoms with E-state index in [0.29, 0.717) is 6.54 Å². The highest BCUT2D eigenvalue weighted by molar-refractivity contribution is 5.80. The second-order valence-corrected chi connectivity index (χ2v) is 6.61. The first kappa shape index (κ1) is 19.0. The predicted molar refractivity (Wildman–Crippen MR) is 104 cm³/mol. The van der Waals surface area contributed by atoms with Gasteiger partial charge >= 0.3 is 0 Å². The average Bonchev–Trinajstić information content (AvgIpc) is 3.06. The molecule has 2 N–H and O–H groups in total. The number of fused-ring (bicyclic) bond motifs is 1. The summed E-state index contributed by atoms with van der Waals surface area (Å²) in [5.74, 6) is 3.96. The van der Waals surface area contributed by atoms with Crippen molar-refractivity contribution >= 4 is 5.96 Å². The molecule has 2 aromatic rings. The van der Waals surface area contributed by atoms with Crippen LogP contribution >= 0.6 is 0 Å². The monoisotopic (exact) mass is 372 g/mol. The molecular formula is C19H28N6O2. The van der Waals surface area contributed by atoms with Crippen molar-refractivity contribution in [3.63, 3.8) is 0 Å². The van der Waals surface area contributed by atoms with Crippen molar-refractivity contribution in [1.82, 2.24) is 25.4 Å². The minimum Gasteiger partial charge on any atom is -0.493 e. The van der Waals surface area contributed by atoms with Gasteiger partial charge in [0, 0.05) is 13.6 Å². The summed E-state index contributed by atoms with van der Waals surface area (Å²) in [6.07, 6.45) is 2.02. The van der Waals surface area contributed by atoms with Crippen molar-refractivity contribution in [3.8, 4) is 11.5 Å². The van der Waals surface area contributed by atoms with E-state index in [9.17, 15) is 0 Å². The summed E-state index contributed by atoms with van der Waals surface area (Å²) in [5, 5.41) is 11.2.